The van der Waals surface area contributed by atoms with Gasteiger partial charge in [-0.1, -0.05) is 37.0 Å². The highest BCUT2D eigenvalue weighted by atomic mass is 16.4. The average Bonchev–Trinajstić information content (AvgIpc) is 3.32. The van der Waals surface area contributed by atoms with Crippen molar-refractivity contribution in [3.8, 4) is 0 Å². The van der Waals surface area contributed by atoms with Crippen LogP contribution < -0.4 is 10.6 Å². The largest absolute Gasteiger partial charge is 0.481 e. The molecule has 31 heavy (non-hydrogen) atoms. The molecule has 3 N–H and O–H groups in total. The van der Waals surface area contributed by atoms with Crippen LogP contribution in [0.3, 0.4) is 0 Å². The summed E-state index contributed by atoms with van der Waals surface area (Å²) in [5, 5.41) is 15.4. The number of nitrogens with one attached hydrogen (secondary N) is 2. The van der Waals surface area contributed by atoms with Crippen molar-refractivity contribution in [1.29, 1.82) is 0 Å². The van der Waals surface area contributed by atoms with Crippen LogP contribution in [0.5, 0.6) is 0 Å². The molecule has 8 heteroatoms. The molecule has 1 aromatic rings. The summed E-state index contributed by atoms with van der Waals surface area (Å²) < 4.78 is 0. The molecule has 3 amide bonds. The van der Waals surface area contributed by atoms with Gasteiger partial charge in [-0.05, 0) is 32.3 Å². The topological polar surface area (TPSA) is 116 Å². The molecule has 0 radical (unpaired) electrons. The fourth-order valence-corrected chi connectivity index (χ4v) is 6.16. The molecule has 1 aliphatic carbocycles. The lowest BCUT2D eigenvalue weighted by molar-refractivity contribution is -0.146. The minimum absolute atomic E-state index is 0.127. The highest BCUT2D eigenvalue weighted by Gasteiger charge is 2.70. The Balaban J connectivity index is 1.60. The molecule has 4 aliphatic rings. The number of anilines is 1. The predicted molar refractivity (Wildman–Crippen MR) is 111 cm³/mol. The zero-order valence-corrected chi connectivity index (χ0v) is 17.5. The molecule has 0 bridgehead atoms. The lowest BCUT2D eigenvalue weighted by Crippen LogP contribution is -2.54. The van der Waals surface area contributed by atoms with Gasteiger partial charge in [0.05, 0.1) is 11.8 Å². The van der Waals surface area contributed by atoms with E-state index >= 15 is 0 Å². The van der Waals surface area contributed by atoms with E-state index in [4.69, 9.17) is 0 Å². The van der Waals surface area contributed by atoms with Gasteiger partial charge in [0.25, 0.3) is 0 Å². The second-order valence-electron chi connectivity index (χ2n) is 9.34. The number of likely N-dealkylation sites (tertiary alicyclic amines) is 1. The summed E-state index contributed by atoms with van der Waals surface area (Å²) >= 11 is 0. The Morgan fingerprint density at radius 2 is 1.90 bits per heavy atom. The number of carbonyl (C=O) groups is 4. The van der Waals surface area contributed by atoms with E-state index in [0.29, 0.717) is 11.3 Å². The Hall–Kier alpha value is -2.74. The first kappa shape index (κ1) is 20.2. The van der Waals surface area contributed by atoms with Gasteiger partial charge in [-0.2, -0.15) is 0 Å². The van der Waals surface area contributed by atoms with Crippen molar-refractivity contribution in [2.75, 3.05) is 5.32 Å². The minimum Gasteiger partial charge on any atom is -0.481 e. The summed E-state index contributed by atoms with van der Waals surface area (Å²) in [4.78, 5) is 53.3. The summed E-state index contributed by atoms with van der Waals surface area (Å²) in [6.07, 6.45) is 4.69. The van der Waals surface area contributed by atoms with Gasteiger partial charge in [0.15, 0.2) is 0 Å². The normalized spacial score (nSPS) is 32.5. The number of amides is 3. The van der Waals surface area contributed by atoms with Crippen molar-refractivity contribution >= 4 is 29.4 Å². The summed E-state index contributed by atoms with van der Waals surface area (Å²) in [6.45, 7) is 1.92. The number of hydrogen-bond donors (Lipinski definition) is 3. The lowest BCUT2D eigenvalue weighted by Gasteiger charge is -2.34. The van der Waals surface area contributed by atoms with Gasteiger partial charge >= 0.3 is 5.97 Å². The van der Waals surface area contributed by atoms with Crippen molar-refractivity contribution in [1.82, 2.24) is 10.2 Å². The van der Waals surface area contributed by atoms with Crippen LogP contribution in [0.2, 0.25) is 0 Å². The van der Waals surface area contributed by atoms with Crippen LogP contribution in [-0.2, 0) is 24.7 Å². The molecule has 2 unspecified atom stereocenters. The summed E-state index contributed by atoms with van der Waals surface area (Å²) in [7, 11) is 0. The number of carbonyl (C=O) groups excluding carboxylic acids is 3. The number of imide groups is 1. The minimum atomic E-state index is -1.34. The third-order valence-electron chi connectivity index (χ3n) is 7.51. The van der Waals surface area contributed by atoms with E-state index in [1.165, 1.54) is 4.90 Å². The maximum absolute atomic E-state index is 13.8. The van der Waals surface area contributed by atoms with Crippen molar-refractivity contribution in [2.45, 2.75) is 69.5 Å². The Kier molecular flexibility index (Phi) is 4.66. The van der Waals surface area contributed by atoms with Gasteiger partial charge in [0.2, 0.25) is 17.7 Å². The van der Waals surface area contributed by atoms with Gasteiger partial charge < -0.3 is 10.4 Å². The maximum atomic E-state index is 13.8. The molecule has 3 aliphatic heterocycles. The monoisotopic (exact) mass is 425 g/mol. The highest BCUT2D eigenvalue weighted by molar-refractivity contribution is 6.15. The molecule has 5 rings (SSSR count). The molecule has 3 heterocycles. The van der Waals surface area contributed by atoms with Crippen LogP contribution in [-0.4, -0.2) is 45.8 Å². The highest BCUT2D eigenvalue weighted by Crippen LogP contribution is 2.54. The van der Waals surface area contributed by atoms with E-state index in [2.05, 4.69) is 10.6 Å². The number of benzene rings is 1. The van der Waals surface area contributed by atoms with E-state index in [9.17, 15) is 24.3 Å². The van der Waals surface area contributed by atoms with Crippen molar-refractivity contribution in [2.24, 2.45) is 11.8 Å². The number of fused-ring (bicyclic) bond motifs is 4. The Bertz CT molecular complexity index is 985. The van der Waals surface area contributed by atoms with Crippen molar-refractivity contribution in [3.05, 3.63) is 29.3 Å². The molecule has 1 aromatic carbocycles. The zero-order chi connectivity index (χ0) is 21.9. The van der Waals surface area contributed by atoms with Crippen LogP contribution in [0.25, 0.3) is 0 Å². The molecule has 2 saturated heterocycles. The number of hydrogen-bond acceptors (Lipinski definition) is 5. The van der Waals surface area contributed by atoms with E-state index in [1.807, 2.05) is 25.1 Å². The van der Waals surface area contributed by atoms with Crippen LogP contribution >= 0.6 is 0 Å². The Morgan fingerprint density at radius 3 is 2.61 bits per heavy atom. The van der Waals surface area contributed by atoms with E-state index in [-0.39, 0.29) is 36.6 Å². The molecular formula is C23H27N3O5. The lowest BCUT2D eigenvalue weighted by atomic mass is 9.76. The summed E-state index contributed by atoms with van der Waals surface area (Å²) in [5.41, 5.74) is 0.919. The van der Waals surface area contributed by atoms with Gasteiger partial charge in [-0.15, -0.1) is 0 Å². The molecule has 1 spiro atoms. The number of rotatable bonds is 4. The van der Waals surface area contributed by atoms with Crippen LogP contribution in [0.4, 0.5) is 5.69 Å². The third-order valence-corrected chi connectivity index (χ3v) is 7.51. The molecule has 0 aromatic heterocycles. The third kappa shape index (κ3) is 2.84. The summed E-state index contributed by atoms with van der Waals surface area (Å²) in [6, 6.07) is 4.92. The first-order valence-corrected chi connectivity index (χ1v) is 11.1. The predicted octanol–water partition coefficient (Wildman–Crippen LogP) is 1.91. The SMILES string of the molecule is Cc1ccc2c(c1)C1(NC(CCC(=O)O)[C@H]3C(=O)N(C4CCCCC4)C(=O)[C@H]31)C(=O)N2. The van der Waals surface area contributed by atoms with Crippen molar-refractivity contribution < 1.29 is 24.3 Å². The molecule has 4 atom stereocenters. The number of aryl methyl sites for hydroxylation is 1. The quantitative estimate of drug-likeness (QED) is 0.635. The first-order valence-electron chi connectivity index (χ1n) is 11.1. The van der Waals surface area contributed by atoms with Crippen LogP contribution in [0, 0.1) is 18.8 Å². The molecule has 8 nitrogen and oxygen atoms in total. The van der Waals surface area contributed by atoms with Crippen molar-refractivity contribution in [3.63, 3.8) is 0 Å². The van der Waals surface area contributed by atoms with Gasteiger partial charge in [-0.3, -0.25) is 29.4 Å². The van der Waals surface area contributed by atoms with Gasteiger partial charge in [0, 0.05) is 29.8 Å². The van der Waals surface area contributed by atoms with Gasteiger partial charge in [0.1, 0.15) is 5.54 Å². The van der Waals surface area contributed by atoms with Crippen LogP contribution in [0.15, 0.2) is 18.2 Å². The fraction of sp³-hybridized carbons (Fsp3) is 0.565. The Labute approximate surface area is 180 Å². The second-order valence-corrected chi connectivity index (χ2v) is 9.34. The molecular weight excluding hydrogens is 398 g/mol. The maximum Gasteiger partial charge on any atom is 0.303 e. The Morgan fingerprint density at radius 1 is 1.16 bits per heavy atom. The first-order chi connectivity index (χ1) is 14.8. The number of carboxylic acids is 1. The second kappa shape index (κ2) is 7.15. The number of nitrogens with zero attached hydrogens (tertiary/aromatic N) is 1. The number of aliphatic carboxylic acids is 1. The van der Waals surface area contributed by atoms with E-state index < -0.39 is 29.4 Å². The average molecular weight is 425 g/mol. The smallest absolute Gasteiger partial charge is 0.303 e. The van der Waals surface area contributed by atoms with E-state index in [0.717, 1.165) is 37.7 Å². The van der Waals surface area contributed by atoms with Gasteiger partial charge in [-0.25, -0.2) is 0 Å². The van der Waals surface area contributed by atoms with E-state index in [1.54, 1.807) is 0 Å². The fourth-order valence-electron chi connectivity index (χ4n) is 6.16. The molecule has 1 saturated carbocycles. The molecule has 164 valence electrons. The zero-order valence-electron chi connectivity index (χ0n) is 17.5. The van der Waals surface area contributed by atoms with Crippen LogP contribution in [0.1, 0.15) is 56.1 Å². The summed E-state index contributed by atoms with van der Waals surface area (Å²) in [5.74, 6) is -3.44. The molecule has 3 fully saturated rings. The number of carboxylic acid groups (broad SMARTS) is 1. The standard InChI is InChI=1S/C23H27N3O5/c1-12-7-8-15-14(11-12)23(22(31)24-15)19-18(16(25-23)9-10-17(27)28)20(29)26(21(19)30)13-5-3-2-4-6-13/h7-8,11,13,16,18-19,25H,2-6,9-10H2,1H3,(H,24,31)(H,27,28)/t16?,18-,19+,23?/m1/s1.